The van der Waals surface area contributed by atoms with E-state index in [1.807, 2.05) is 25.1 Å². The van der Waals surface area contributed by atoms with E-state index in [9.17, 15) is 4.79 Å². The number of nitrogens with one attached hydrogen (secondary N) is 1. The van der Waals surface area contributed by atoms with Crippen molar-refractivity contribution in [1.82, 2.24) is 10.3 Å². The fourth-order valence-electron chi connectivity index (χ4n) is 2.17. The molecule has 22 heavy (non-hydrogen) atoms. The summed E-state index contributed by atoms with van der Waals surface area (Å²) in [6, 6.07) is 9.60. The number of hydrogen-bond acceptors (Lipinski definition) is 4. The number of halogens is 1. The molecule has 4 nitrogen and oxygen atoms in total. The van der Waals surface area contributed by atoms with Crippen molar-refractivity contribution >= 4 is 40.2 Å². The number of nitriles is 1. The summed E-state index contributed by atoms with van der Waals surface area (Å²) in [6.45, 7) is 1.84. The van der Waals surface area contributed by atoms with E-state index in [1.54, 1.807) is 12.3 Å². The SMILES string of the molecule is C[C@H](Sc1ccnc2cc(Cl)ccc12)C(=O)NC1(C#N)CC1. The summed E-state index contributed by atoms with van der Waals surface area (Å²) in [6.07, 6.45) is 3.19. The third-order valence-corrected chi connectivity index (χ3v) is 5.08. The van der Waals surface area contributed by atoms with Gasteiger partial charge in [0, 0.05) is 21.5 Å². The van der Waals surface area contributed by atoms with Gasteiger partial charge in [-0.25, -0.2) is 0 Å². The lowest BCUT2D eigenvalue weighted by Gasteiger charge is -2.15. The van der Waals surface area contributed by atoms with Crippen molar-refractivity contribution < 1.29 is 4.79 Å². The molecule has 1 aromatic heterocycles. The van der Waals surface area contributed by atoms with Gasteiger partial charge in [-0.1, -0.05) is 17.7 Å². The standard InChI is InChI=1S/C16H14ClN3OS/c1-10(15(21)20-16(9-18)5-6-16)22-14-4-7-19-13-8-11(17)2-3-12(13)14/h2-4,7-8,10H,5-6H2,1H3,(H,20,21)/t10-/m0/s1. The van der Waals surface area contributed by atoms with E-state index in [0.717, 1.165) is 28.6 Å². The first-order valence-electron chi connectivity index (χ1n) is 6.97. The van der Waals surface area contributed by atoms with Gasteiger partial charge in [0.1, 0.15) is 5.54 Å². The maximum absolute atomic E-state index is 12.2. The monoisotopic (exact) mass is 331 g/mol. The van der Waals surface area contributed by atoms with Crippen molar-refractivity contribution in [2.75, 3.05) is 0 Å². The van der Waals surface area contributed by atoms with Crippen LogP contribution in [-0.4, -0.2) is 21.7 Å². The molecule has 1 heterocycles. The van der Waals surface area contributed by atoms with Gasteiger partial charge < -0.3 is 5.32 Å². The summed E-state index contributed by atoms with van der Waals surface area (Å²) in [7, 11) is 0. The molecule has 0 saturated heterocycles. The summed E-state index contributed by atoms with van der Waals surface area (Å²) in [5.41, 5.74) is 0.181. The van der Waals surface area contributed by atoms with Crippen LogP contribution in [0.2, 0.25) is 5.02 Å². The molecule has 1 aliphatic rings. The Hall–Kier alpha value is -1.77. The fourth-order valence-corrected chi connectivity index (χ4v) is 3.32. The molecule has 2 aromatic rings. The molecule has 0 aliphatic heterocycles. The number of fused-ring (bicyclic) bond motifs is 1. The Kier molecular flexibility index (Phi) is 3.98. The van der Waals surface area contributed by atoms with Crippen LogP contribution < -0.4 is 5.32 Å². The van der Waals surface area contributed by atoms with Crippen molar-refractivity contribution in [3.05, 3.63) is 35.5 Å². The van der Waals surface area contributed by atoms with Crippen LogP contribution in [0.5, 0.6) is 0 Å². The number of nitrogens with zero attached hydrogens (tertiary/aromatic N) is 2. The first-order chi connectivity index (χ1) is 10.5. The highest BCUT2D eigenvalue weighted by molar-refractivity contribution is 8.00. The van der Waals surface area contributed by atoms with Crippen molar-refractivity contribution in [2.24, 2.45) is 0 Å². The molecule has 6 heteroatoms. The van der Waals surface area contributed by atoms with Gasteiger partial charge in [0.25, 0.3) is 0 Å². The molecule has 1 N–H and O–H groups in total. The molecule has 1 aromatic carbocycles. The maximum Gasteiger partial charge on any atom is 0.234 e. The molecule has 3 rings (SSSR count). The summed E-state index contributed by atoms with van der Waals surface area (Å²) in [5.74, 6) is -0.108. The minimum absolute atomic E-state index is 0.108. The van der Waals surface area contributed by atoms with E-state index >= 15 is 0 Å². The molecular weight excluding hydrogens is 318 g/mol. The maximum atomic E-state index is 12.2. The van der Waals surface area contributed by atoms with Crippen LogP contribution in [0.25, 0.3) is 10.9 Å². The summed E-state index contributed by atoms with van der Waals surface area (Å²) < 4.78 is 0. The Balaban J connectivity index is 1.78. The van der Waals surface area contributed by atoms with E-state index in [0.29, 0.717) is 5.02 Å². The van der Waals surface area contributed by atoms with E-state index in [-0.39, 0.29) is 11.2 Å². The van der Waals surface area contributed by atoms with Crippen molar-refractivity contribution in [2.45, 2.75) is 35.4 Å². The van der Waals surface area contributed by atoms with Gasteiger partial charge in [-0.2, -0.15) is 5.26 Å². The number of carbonyl (C=O) groups is 1. The van der Waals surface area contributed by atoms with E-state index in [4.69, 9.17) is 16.9 Å². The Labute approximate surface area is 137 Å². The molecule has 1 atom stereocenters. The highest BCUT2D eigenvalue weighted by atomic mass is 35.5. The molecule has 1 saturated carbocycles. The molecule has 1 aliphatic carbocycles. The number of hydrogen-bond donors (Lipinski definition) is 1. The Bertz CT molecular complexity index is 783. The Morgan fingerprint density at radius 1 is 1.50 bits per heavy atom. The largest absolute Gasteiger partial charge is 0.337 e. The number of rotatable bonds is 4. The minimum atomic E-state index is -0.625. The van der Waals surface area contributed by atoms with Gasteiger partial charge in [-0.05, 0) is 38.0 Å². The smallest absolute Gasteiger partial charge is 0.234 e. The number of benzene rings is 1. The number of carbonyl (C=O) groups excluding carboxylic acids is 1. The number of amides is 1. The average Bonchev–Trinajstić information content (AvgIpc) is 3.27. The van der Waals surface area contributed by atoms with Crippen LogP contribution in [0.4, 0.5) is 0 Å². The van der Waals surface area contributed by atoms with E-state index in [1.165, 1.54) is 11.8 Å². The summed E-state index contributed by atoms with van der Waals surface area (Å²) in [4.78, 5) is 17.5. The highest BCUT2D eigenvalue weighted by Gasteiger charge is 2.45. The average molecular weight is 332 g/mol. The van der Waals surface area contributed by atoms with Gasteiger partial charge in [-0.15, -0.1) is 11.8 Å². The van der Waals surface area contributed by atoms with Crippen molar-refractivity contribution in [3.8, 4) is 6.07 Å². The lowest BCUT2D eigenvalue weighted by atomic mass is 10.2. The zero-order valence-electron chi connectivity index (χ0n) is 12.0. The van der Waals surface area contributed by atoms with Crippen LogP contribution in [-0.2, 0) is 4.79 Å². The normalized spacial score (nSPS) is 16.8. The highest BCUT2D eigenvalue weighted by Crippen LogP contribution is 2.36. The van der Waals surface area contributed by atoms with Gasteiger partial charge in [0.15, 0.2) is 0 Å². The van der Waals surface area contributed by atoms with Gasteiger partial charge in [0.2, 0.25) is 5.91 Å². The first kappa shape index (κ1) is 15.1. The second kappa shape index (κ2) is 5.79. The number of thioether (sulfide) groups is 1. The topological polar surface area (TPSA) is 65.8 Å². The first-order valence-corrected chi connectivity index (χ1v) is 8.23. The number of aromatic nitrogens is 1. The van der Waals surface area contributed by atoms with Gasteiger partial charge in [0.05, 0.1) is 16.8 Å². The van der Waals surface area contributed by atoms with E-state index < -0.39 is 5.54 Å². The molecule has 0 spiro atoms. The second-order valence-corrected chi connectivity index (χ2v) is 7.23. The Morgan fingerprint density at radius 3 is 2.95 bits per heavy atom. The van der Waals surface area contributed by atoms with Gasteiger partial charge in [-0.3, -0.25) is 9.78 Å². The van der Waals surface area contributed by atoms with Crippen molar-refractivity contribution in [3.63, 3.8) is 0 Å². The van der Waals surface area contributed by atoms with E-state index in [2.05, 4.69) is 16.4 Å². The molecule has 1 fully saturated rings. The molecule has 1 amide bonds. The fraction of sp³-hybridized carbons (Fsp3) is 0.312. The summed E-state index contributed by atoms with van der Waals surface area (Å²) in [5, 5.41) is 13.2. The lowest BCUT2D eigenvalue weighted by molar-refractivity contribution is -0.120. The molecule has 0 unspecified atom stereocenters. The lowest BCUT2D eigenvalue weighted by Crippen LogP contribution is -2.40. The van der Waals surface area contributed by atoms with Crippen LogP contribution >= 0.6 is 23.4 Å². The zero-order valence-corrected chi connectivity index (χ0v) is 13.5. The quantitative estimate of drug-likeness (QED) is 0.870. The molecule has 0 bridgehead atoms. The Morgan fingerprint density at radius 2 is 2.27 bits per heavy atom. The minimum Gasteiger partial charge on any atom is -0.337 e. The second-order valence-electron chi connectivity index (χ2n) is 5.41. The molecule has 112 valence electrons. The van der Waals surface area contributed by atoms with Crippen LogP contribution in [0.15, 0.2) is 35.4 Å². The third kappa shape index (κ3) is 3.03. The van der Waals surface area contributed by atoms with Crippen molar-refractivity contribution in [1.29, 1.82) is 5.26 Å². The molecule has 0 radical (unpaired) electrons. The van der Waals surface area contributed by atoms with Crippen LogP contribution in [0.3, 0.4) is 0 Å². The molecular formula is C16H14ClN3OS. The zero-order chi connectivity index (χ0) is 15.7. The predicted octanol–water partition coefficient (Wildman–Crippen LogP) is 3.54. The van der Waals surface area contributed by atoms with Gasteiger partial charge >= 0.3 is 0 Å². The number of pyridine rings is 1. The van der Waals surface area contributed by atoms with Crippen LogP contribution in [0, 0.1) is 11.3 Å². The van der Waals surface area contributed by atoms with Crippen LogP contribution in [0.1, 0.15) is 19.8 Å². The predicted molar refractivity (Wildman–Crippen MR) is 87.8 cm³/mol. The third-order valence-electron chi connectivity index (χ3n) is 3.66. The summed E-state index contributed by atoms with van der Waals surface area (Å²) >= 11 is 7.44.